The van der Waals surface area contributed by atoms with Gasteiger partial charge in [-0.15, -0.1) is 0 Å². The number of anilines is 2. The SMILES string of the molecule is O=[N+]([O-])c1c(Cl)ncnc1Nc1cccc(Cl)c1Cl. The molecule has 2 rings (SSSR count). The van der Waals surface area contributed by atoms with Crippen LogP contribution in [0.4, 0.5) is 17.2 Å². The Kier molecular flexibility index (Phi) is 4.04. The predicted molar refractivity (Wildman–Crippen MR) is 73.4 cm³/mol. The Labute approximate surface area is 122 Å². The molecule has 0 aliphatic rings. The summed E-state index contributed by atoms with van der Waals surface area (Å²) in [6.45, 7) is 0. The third-order valence-electron chi connectivity index (χ3n) is 2.16. The van der Waals surface area contributed by atoms with E-state index >= 15 is 0 Å². The van der Waals surface area contributed by atoms with E-state index in [1.165, 1.54) is 0 Å². The third kappa shape index (κ3) is 2.86. The summed E-state index contributed by atoms with van der Waals surface area (Å²) < 4.78 is 0. The van der Waals surface area contributed by atoms with E-state index in [9.17, 15) is 10.1 Å². The molecule has 1 N–H and O–H groups in total. The second kappa shape index (κ2) is 5.56. The van der Waals surface area contributed by atoms with Crippen LogP contribution >= 0.6 is 34.8 Å². The lowest BCUT2D eigenvalue weighted by Crippen LogP contribution is -2.02. The van der Waals surface area contributed by atoms with Gasteiger partial charge >= 0.3 is 5.69 Å². The molecule has 0 aliphatic carbocycles. The number of halogens is 3. The molecule has 0 saturated heterocycles. The number of nitrogens with one attached hydrogen (secondary N) is 1. The summed E-state index contributed by atoms with van der Waals surface area (Å²) in [6.07, 6.45) is 1.11. The number of hydrogen-bond acceptors (Lipinski definition) is 5. The van der Waals surface area contributed by atoms with Crippen LogP contribution in [0.1, 0.15) is 0 Å². The minimum atomic E-state index is -0.677. The van der Waals surface area contributed by atoms with Crippen LogP contribution in [0.5, 0.6) is 0 Å². The molecular weight excluding hydrogens is 314 g/mol. The van der Waals surface area contributed by atoms with Gasteiger partial charge in [0.15, 0.2) is 0 Å². The third-order valence-corrected chi connectivity index (χ3v) is 3.26. The highest BCUT2D eigenvalue weighted by molar-refractivity contribution is 6.43. The Morgan fingerprint density at radius 2 is 1.95 bits per heavy atom. The van der Waals surface area contributed by atoms with Crippen LogP contribution in [-0.4, -0.2) is 14.9 Å². The molecule has 19 heavy (non-hydrogen) atoms. The van der Waals surface area contributed by atoms with Gasteiger partial charge in [-0.3, -0.25) is 10.1 Å². The minimum Gasteiger partial charge on any atom is -0.333 e. The Bertz CT molecular complexity index is 651. The number of rotatable bonds is 3. The Hall–Kier alpha value is -1.63. The van der Waals surface area contributed by atoms with Crippen LogP contribution in [-0.2, 0) is 0 Å². The molecule has 1 aromatic carbocycles. The van der Waals surface area contributed by atoms with Gasteiger partial charge in [0.2, 0.25) is 11.0 Å². The molecule has 0 spiro atoms. The standard InChI is InChI=1S/C10H5Cl3N4O2/c11-5-2-1-3-6(7(5)12)16-10-8(17(18)19)9(13)14-4-15-10/h1-4H,(H,14,15,16). The molecule has 1 aromatic heterocycles. The minimum absolute atomic E-state index is 0.0610. The van der Waals surface area contributed by atoms with E-state index in [0.29, 0.717) is 10.7 Å². The first-order chi connectivity index (χ1) is 9.00. The molecule has 6 nitrogen and oxygen atoms in total. The van der Waals surface area contributed by atoms with Gasteiger partial charge in [-0.1, -0.05) is 40.9 Å². The van der Waals surface area contributed by atoms with Gasteiger partial charge in [0.25, 0.3) is 0 Å². The smallest absolute Gasteiger partial charge is 0.333 e. The van der Waals surface area contributed by atoms with Crippen molar-refractivity contribution in [3.05, 3.63) is 49.8 Å². The molecule has 0 saturated carbocycles. The van der Waals surface area contributed by atoms with Gasteiger partial charge in [-0.25, -0.2) is 9.97 Å². The van der Waals surface area contributed by atoms with Gasteiger partial charge in [0, 0.05) is 0 Å². The molecule has 98 valence electrons. The van der Waals surface area contributed by atoms with Crippen molar-refractivity contribution >= 4 is 52.0 Å². The molecule has 2 aromatic rings. The number of hydrogen-bond donors (Lipinski definition) is 1. The molecular formula is C10H5Cl3N4O2. The lowest BCUT2D eigenvalue weighted by Gasteiger charge is -2.08. The summed E-state index contributed by atoms with van der Waals surface area (Å²) >= 11 is 17.5. The normalized spacial score (nSPS) is 10.3. The summed E-state index contributed by atoms with van der Waals surface area (Å²) in [7, 11) is 0. The highest BCUT2D eigenvalue weighted by Gasteiger charge is 2.22. The zero-order valence-corrected chi connectivity index (χ0v) is 11.4. The largest absolute Gasteiger partial charge is 0.348 e. The molecule has 0 fully saturated rings. The maximum atomic E-state index is 10.9. The van der Waals surface area contributed by atoms with E-state index in [4.69, 9.17) is 34.8 Å². The Morgan fingerprint density at radius 1 is 1.21 bits per heavy atom. The van der Waals surface area contributed by atoms with Crippen LogP contribution in [0.2, 0.25) is 15.2 Å². The predicted octanol–water partition coefficient (Wildman–Crippen LogP) is 4.09. The number of aromatic nitrogens is 2. The van der Waals surface area contributed by atoms with Crippen LogP contribution in [0, 0.1) is 10.1 Å². The lowest BCUT2D eigenvalue weighted by molar-refractivity contribution is -0.384. The average molecular weight is 320 g/mol. The second-order valence-electron chi connectivity index (χ2n) is 3.35. The van der Waals surface area contributed by atoms with Crippen molar-refractivity contribution in [2.45, 2.75) is 0 Å². The second-order valence-corrected chi connectivity index (χ2v) is 4.49. The van der Waals surface area contributed by atoms with Crippen molar-refractivity contribution < 1.29 is 4.92 Å². The van der Waals surface area contributed by atoms with E-state index in [1.54, 1.807) is 18.2 Å². The van der Waals surface area contributed by atoms with E-state index in [2.05, 4.69) is 15.3 Å². The fraction of sp³-hybridized carbons (Fsp3) is 0. The van der Waals surface area contributed by atoms with Crippen LogP contribution in [0.15, 0.2) is 24.5 Å². The highest BCUT2D eigenvalue weighted by atomic mass is 35.5. The maximum Gasteiger partial charge on any atom is 0.348 e. The van der Waals surface area contributed by atoms with E-state index in [-0.39, 0.29) is 16.0 Å². The molecule has 0 unspecified atom stereocenters. The molecule has 0 amide bonds. The van der Waals surface area contributed by atoms with E-state index < -0.39 is 10.6 Å². The van der Waals surface area contributed by atoms with E-state index in [0.717, 1.165) is 6.33 Å². The molecule has 9 heteroatoms. The summed E-state index contributed by atoms with van der Waals surface area (Å²) in [4.78, 5) is 17.6. The van der Waals surface area contributed by atoms with Crippen LogP contribution in [0.25, 0.3) is 0 Å². The summed E-state index contributed by atoms with van der Waals surface area (Å²) in [5, 5.41) is 13.9. The summed E-state index contributed by atoms with van der Waals surface area (Å²) in [5.74, 6) is -0.0610. The molecule has 1 heterocycles. The number of nitrogens with zero attached hydrogens (tertiary/aromatic N) is 3. The van der Waals surface area contributed by atoms with Crippen molar-refractivity contribution in [2.24, 2.45) is 0 Å². The Balaban J connectivity index is 2.47. The molecule has 0 aliphatic heterocycles. The quantitative estimate of drug-likeness (QED) is 0.523. The highest BCUT2D eigenvalue weighted by Crippen LogP contribution is 2.35. The van der Waals surface area contributed by atoms with Crippen molar-refractivity contribution in [1.82, 2.24) is 9.97 Å². The summed E-state index contributed by atoms with van der Waals surface area (Å²) in [5.41, 5.74) is -0.0488. The zero-order chi connectivity index (χ0) is 14.0. The Morgan fingerprint density at radius 3 is 2.63 bits per heavy atom. The van der Waals surface area contributed by atoms with Gasteiger partial charge in [-0.05, 0) is 12.1 Å². The molecule has 0 atom stereocenters. The van der Waals surface area contributed by atoms with Crippen molar-refractivity contribution in [2.75, 3.05) is 5.32 Å². The fourth-order valence-electron chi connectivity index (χ4n) is 1.34. The first-order valence-corrected chi connectivity index (χ1v) is 6.00. The monoisotopic (exact) mass is 318 g/mol. The number of nitro groups is 1. The average Bonchev–Trinajstić information content (AvgIpc) is 2.34. The number of benzene rings is 1. The van der Waals surface area contributed by atoms with Crippen molar-refractivity contribution in [3.8, 4) is 0 Å². The van der Waals surface area contributed by atoms with Gasteiger partial charge in [-0.2, -0.15) is 0 Å². The first kappa shape index (κ1) is 13.8. The van der Waals surface area contributed by atoms with Crippen LogP contribution < -0.4 is 5.32 Å². The van der Waals surface area contributed by atoms with Crippen LogP contribution in [0.3, 0.4) is 0 Å². The lowest BCUT2D eigenvalue weighted by atomic mass is 10.3. The van der Waals surface area contributed by atoms with Crippen molar-refractivity contribution in [3.63, 3.8) is 0 Å². The van der Waals surface area contributed by atoms with Gasteiger partial charge < -0.3 is 5.32 Å². The fourth-order valence-corrected chi connectivity index (χ4v) is 1.89. The van der Waals surface area contributed by atoms with Gasteiger partial charge in [0.1, 0.15) is 6.33 Å². The first-order valence-electron chi connectivity index (χ1n) is 4.86. The summed E-state index contributed by atoms with van der Waals surface area (Å²) in [6, 6.07) is 4.84. The van der Waals surface area contributed by atoms with Crippen molar-refractivity contribution in [1.29, 1.82) is 0 Å². The topological polar surface area (TPSA) is 81.0 Å². The maximum absolute atomic E-state index is 10.9. The molecule has 0 bridgehead atoms. The zero-order valence-electron chi connectivity index (χ0n) is 9.10. The van der Waals surface area contributed by atoms with E-state index in [1.807, 2.05) is 0 Å². The van der Waals surface area contributed by atoms with Gasteiger partial charge in [0.05, 0.1) is 20.7 Å². The molecule has 0 radical (unpaired) electrons.